The van der Waals surface area contributed by atoms with Gasteiger partial charge in [-0.15, -0.1) is 0 Å². The first-order valence-corrected chi connectivity index (χ1v) is 9.30. The smallest absolute Gasteiger partial charge is 0.307 e. The van der Waals surface area contributed by atoms with Crippen molar-refractivity contribution in [1.29, 1.82) is 0 Å². The number of hydrogen-bond donors (Lipinski definition) is 1. The Bertz CT molecular complexity index is 810. The highest BCUT2D eigenvalue weighted by Crippen LogP contribution is 2.49. The summed E-state index contributed by atoms with van der Waals surface area (Å²) in [5.74, 6) is -0.816. The second-order valence-corrected chi connectivity index (χ2v) is 8.03. The predicted octanol–water partition coefficient (Wildman–Crippen LogP) is 4.52. The van der Waals surface area contributed by atoms with E-state index in [0.717, 1.165) is 38.3 Å². The van der Waals surface area contributed by atoms with E-state index in [1.807, 2.05) is 36.4 Å². The van der Waals surface area contributed by atoms with Crippen molar-refractivity contribution in [3.63, 3.8) is 0 Å². The molecule has 132 valence electrons. The average molecular weight is 377 g/mol. The third-order valence-electron chi connectivity index (χ3n) is 4.43. The van der Waals surface area contributed by atoms with Crippen LogP contribution in [-0.2, 0) is 11.2 Å². The van der Waals surface area contributed by atoms with Crippen molar-refractivity contribution < 1.29 is 9.90 Å². The molecule has 1 aliphatic rings. The van der Waals surface area contributed by atoms with Gasteiger partial charge >= 0.3 is 5.97 Å². The number of nitrogens with zero attached hydrogens (tertiary/aromatic N) is 2. The zero-order chi connectivity index (χ0) is 18.1. The summed E-state index contributed by atoms with van der Waals surface area (Å²) < 4.78 is 0. The number of anilines is 2. The zero-order valence-corrected chi connectivity index (χ0v) is 16.1. The van der Waals surface area contributed by atoms with E-state index in [2.05, 4.69) is 30.8 Å². The first-order valence-electron chi connectivity index (χ1n) is 8.11. The molecule has 1 N–H and O–H groups in total. The Labute approximate surface area is 157 Å². The van der Waals surface area contributed by atoms with Crippen LogP contribution in [0.3, 0.4) is 0 Å². The van der Waals surface area contributed by atoms with Crippen LogP contribution in [0, 0.1) is 0 Å². The fourth-order valence-electron chi connectivity index (χ4n) is 2.81. The maximum atomic E-state index is 11.1. The summed E-state index contributed by atoms with van der Waals surface area (Å²) in [6.07, 6.45) is 0.0303. The van der Waals surface area contributed by atoms with Gasteiger partial charge in [0.15, 0.2) is 0 Å². The quantitative estimate of drug-likeness (QED) is 0.831. The second-order valence-electron chi connectivity index (χ2n) is 6.51. The third kappa shape index (κ3) is 3.94. The predicted molar refractivity (Wildman–Crippen MR) is 104 cm³/mol. The third-order valence-corrected chi connectivity index (χ3v) is 5.78. The highest BCUT2D eigenvalue weighted by Gasteiger charge is 2.26. The number of carbonyl (C=O) groups is 1. The molecule has 4 nitrogen and oxygen atoms in total. The Morgan fingerprint density at radius 1 is 1.20 bits per heavy atom. The van der Waals surface area contributed by atoms with Crippen molar-refractivity contribution in [1.82, 2.24) is 4.90 Å². The second kappa shape index (κ2) is 7.28. The van der Waals surface area contributed by atoms with Gasteiger partial charge in [0.2, 0.25) is 0 Å². The number of carboxylic acid groups (broad SMARTS) is 1. The van der Waals surface area contributed by atoms with Crippen LogP contribution in [0.15, 0.2) is 46.2 Å². The molecular weight excluding hydrogens is 356 g/mol. The topological polar surface area (TPSA) is 43.8 Å². The summed E-state index contributed by atoms with van der Waals surface area (Å²) in [5.41, 5.74) is 2.99. The molecule has 2 aromatic rings. The molecule has 0 saturated heterocycles. The molecule has 0 radical (unpaired) electrons. The molecule has 1 aliphatic heterocycles. The highest BCUT2D eigenvalue weighted by atomic mass is 35.5. The largest absolute Gasteiger partial charge is 0.481 e. The summed E-state index contributed by atoms with van der Waals surface area (Å²) in [7, 11) is 4.13. The van der Waals surface area contributed by atoms with Gasteiger partial charge in [0.1, 0.15) is 0 Å². The van der Waals surface area contributed by atoms with Crippen LogP contribution in [0.25, 0.3) is 0 Å². The van der Waals surface area contributed by atoms with Crippen molar-refractivity contribution >= 4 is 40.7 Å². The molecule has 6 heteroatoms. The molecule has 25 heavy (non-hydrogen) atoms. The molecule has 0 bridgehead atoms. The Morgan fingerprint density at radius 3 is 2.64 bits per heavy atom. The SMILES string of the molecule is CC(CN1c2ccc(Cl)cc2Sc2ccc(CC(=O)O)cc21)N(C)C. The van der Waals surface area contributed by atoms with E-state index in [0.29, 0.717) is 6.04 Å². The van der Waals surface area contributed by atoms with E-state index in [-0.39, 0.29) is 6.42 Å². The van der Waals surface area contributed by atoms with Crippen molar-refractivity contribution in [2.24, 2.45) is 0 Å². The first-order chi connectivity index (χ1) is 11.8. The first kappa shape index (κ1) is 18.1. The standard InChI is InChI=1S/C19H21ClN2O2S/c1-12(21(2)3)11-22-15-6-5-14(20)10-18(15)25-17-7-4-13(8-16(17)22)9-19(23)24/h4-8,10,12H,9,11H2,1-3H3,(H,23,24). The Balaban J connectivity index is 2.06. The molecular formula is C19H21ClN2O2S. The van der Waals surface area contributed by atoms with Gasteiger partial charge in [0, 0.05) is 27.4 Å². The van der Waals surface area contributed by atoms with Crippen molar-refractivity contribution in [3.05, 3.63) is 47.0 Å². The van der Waals surface area contributed by atoms with E-state index in [1.165, 1.54) is 0 Å². The van der Waals surface area contributed by atoms with E-state index < -0.39 is 5.97 Å². The summed E-state index contributed by atoms with van der Waals surface area (Å²) in [4.78, 5) is 17.8. The van der Waals surface area contributed by atoms with Crippen LogP contribution in [0.5, 0.6) is 0 Å². The van der Waals surface area contributed by atoms with Gasteiger partial charge < -0.3 is 14.9 Å². The van der Waals surface area contributed by atoms with Gasteiger partial charge in [-0.05, 0) is 56.9 Å². The van der Waals surface area contributed by atoms with Crippen molar-refractivity contribution in [2.75, 3.05) is 25.5 Å². The van der Waals surface area contributed by atoms with E-state index in [9.17, 15) is 4.79 Å². The summed E-state index contributed by atoms with van der Waals surface area (Å²) in [5, 5.41) is 9.82. The minimum atomic E-state index is -0.816. The van der Waals surface area contributed by atoms with Crippen LogP contribution in [0.4, 0.5) is 11.4 Å². The number of likely N-dealkylation sites (N-methyl/N-ethyl adjacent to an activating group) is 1. The molecule has 0 fully saturated rings. The summed E-state index contributed by atoms with van der Waals surface area (Å²) >= 11 is 7.86. The number of fused-ring (bicyclic) bond motifs is 2. The zero-order valence-electron chi connectivity index (χ0n) is 14.5. The summed E-state index contributed by atoms with van der Waals surface area (Å²) in [6, 6.07) is 12.2. The lowest BCUT2D eigenvalue weighted by atomic mass is 10.1. The minimum absolute atomic E-state index is 0.0303. The normalized spacial score (nSPS) is 14.2. The fourth-order valence-corrected chi connectivity index (χ4v) is 4.16. The number of hydrogen-bond acceptors (Lipinski definition) is 4. The van der Waals surface area contributed by atoms with Gasteiger partial charge in [-0.1, -0.05) is 29.4 Å². The van der Waals surface area contributed by atoms with Gasteiger partial charge in [0.05, 0.1) is 17.8 Å². The van der Waals surface area contributed by atoms with Gasteiger partial charge in [-0.3, -0.25) is 4.79 Å². The number of benzene rings is 2. The van der Waals surface area contributed by atoms with Gasteiger partial charge in [-0.2, -0.15) is 0 Å². The molecule has 2 aromatic carbocycles. The van der Waals surface area contributed by atoms with Gasteiger partial charge in [-0.25, -0.2) is 0 Å². The minimum Gasteiger partial charge on any atom is -0.481 e. The van der Waals surface area contributed by atoms with E-state index >= 15 is 0 Å². The average Bonchev–Trinajstić information content (AvgIpc) is 2.54. The fraction of sp³-hybridized carbons (Fsp3) is 0.316. The van der Waals surface area contributed by atoms with Crippen LogP contribution < -0.4 is 4.90 Å². The lowest BCUT2D eigenvalue weighted by Crippen LogP contribution is -2.37. The van der Waals surface area contributed by atoms with Crippen LogP contribution in [0.2, 0.25) is 5.02 Å². The van der Waals surface area contributed by atoms with Crippen LogP contribution in [0.1, 0.15) is 12.5 Å². The van der Waals surface area contributed by atoms with E-state index in [1.54, 1.807) is 11.8 Å². The molecule has 0 aliphatic carbocycles. The summed E-state index contributed by atoms with van der Waals surface area (Å²) in [6.45, 7) is 2.99. The Kier molecular flexibility index (Phi) is 5.27. The molecule has 1 heterocycles. The van der Waals surface area contributed by atoms with Crippen LogP contribution in [-0.4, -0.2) is 42.7 Å². The number of aliphatic carboxylic acids is 1. The van der Waals surface area contributed by atoms with E-state index in [4.69, 9.17) is 16.7 Å². The molecule has 3 rings (SSSR count). The maximum Gasteiger partial charge on any atom is 0.307 e. The Hall–Kier alpha value is -1.69. The number of halogens is 1. The molecule has 1 atom stereocenters. The van der Waals surface area contributed by atoms with Crippen molar-refractivity contribution in [2.45, 2.75) is 29.2 Å². The van der Waals surface area contributed by atoms with Crippen LogP contribution >= 0.6 is 23.4 Å². The lowest BCUT2D eigenvalue weighted by molar-refractivity contribution is -0.136. The molecule has 0 spiro atoms. The molecule has 0 aromatic heterocycles. The Morgan fingerprint density at radius 2 is 1.96 bits per heavy atom. The lowest BCUT2D eigenvalue weighted by Gasteiger charge is -2.36. The molecule has 1 unspecified atom stereocenters. The van der Waals surface area contributed by atoms with Crippen molar-refractivity contribution in [3.8, 4) is 0 Å². The monoisotopic (exact) mass is 376 g/mol. The highest BCUT2D eigenvalue weighted by molar-refractivity contribution is 7.99. The number of rotatable bonds is 5. The molecule has 0 saturated carbocycles. The number of carboxylic acids is 1. The van der Waals surface area contributed by atoms with Gasteiger partial charge in [0.25, 0.3) is 0 Å². The molecule has 0 amide bonds. The maximum absolute atomic E-state index is 11.1.